The Morgan fingerprint density at radius 3 is 2.53 bits per heavy atom. The number of aromatic nitrogens is 3. The molecule has 9 rings (SSSR count). The number of aliphatic hydroxyl groups is 1. The summed E-state index contributed by atoms with van der Waals surface area (Å²) in [4.78, 5) is 40.5. The summed E-state index contributed by atoms with van der Waals surface area (Å²) >= 11 is 13.8. The van der Waals surface area contributed by atoms with Gasteiger partial charge in [0.1, 0.15) is 34.2 Å². The Morgan fingerprint density at radius 1 is 1.00 bits per heavy atom. The van der Waals surface area contributed by atoms with Crippen LogP contribution in [0, 0.1) is 17.8 Å². The summed E-state index contributed by atoms with van der Waals surface area (Å²) in [5, 5.41) is 31.4. The van der Waals surface area contributed by atoms with Gasteiger partial charge >= 0.3 is 0 Å². The topological polar surface area (TPSA) is 176 Å². The second-order valence-electron chi connectivity index (χ2n) is 15.3. The van der Waals surface area contributed by atoms with Gasteiger partial charge in [-0.1, -0.05) is 100 Å². The first-order valence-corrected chi connectivity index (χ1v) is 18.9. The lowest BCUT2D eigenvalue weighted by atomic mass is 9.70. The summed E-state index contributed by atoms with van der Waals surface area (Å²) in [7, 11) is 0. The number of aromatic amines is 1. The number of rotatable bonds is 4. The number of aromatic hydroxyl groups is 1. The highest BCUT2D eigenvalue weighted by atomic mass is 35.5. The van der Waals surface area contributed by atoms with Gasteiger partial charge < -0.3 is 39.4 Å². The Labute approximate surface area is 325 Å². The molecule has 1 spiro atoms. The third kappa shape index (κ3) is 5.14. The number of benzene rings is 3. The van der Waals surface area contributed by atoms with Crippen molar-refractivity contribution in [3.8, 4) is 45.5 Å². The molecule has 5 unspecified atom stereocenters. The minimum atomic E-state index is -1.78. The van der Waals surface area contributed by atoms with E-state index in [1.54, 1.807) is 12.1 Å². The van der Waals surface area contributed by atoms with Gasteiger partial charge in [-0.2, -0.15) is 4.98 Å². The number of para-hydroxylation sites is 1. The van der Waals surface area contributed by atoms with Crippen LogP contribution in [0.2, 0.25) is 10.3 Å². The van der Waals surface area contributed by atoms with Crippen LogP contribution in [0.15, 0.2) is 63.4 Å². The predicted molar refractivity (Wildman–Crippen MR) is 205 cm³/mol. The molecule has 0 fully saturated rings. The van der Waals surface area contributed by atoms with E-state index >= 15 is 0 Å². The highest BCUT2D eigenvalue weighted by Crippen LogP contribution is 2.59. The second kappa shape index (κ2) is 12.6. The Morgan fingerprint density at radius 2 is 1.76 bits per heavy atom. The Hall–Kier alpha value is -5.30. The van der Waals surface area contributed by atoms with Crippen LogP contribution < -0.4 is 15.4 Å². The van der Waals surface area contributed by atoms with Crippen LogP contribution >= 0.6 is 23.2 Å². The molecule has 2 amide bonds. The third-order valence-corrected chi connectivity index (χ3v) is 11.9. The fraction of sp³-hybridized carbons (Fsp3) is 0.317. The quantitative estimate of drug-likeness (QED) is 0.120. The molecule has 10 bridgehead atoms. The first kappa shape index (κ1) is 35.4. The zero-order chi connectivity index (χ0) is 38.7. The number of aliphatic hydroxyl groups excluding tert-OH is 1. The molecule has 6 heterocycles. The maximum atomic E-state index is 14.2. The number of hydrogen-bond acceptors (Lipinski definition) is 9. The highest BCUT2D eigenvalue weighted by Gasteiger charge is 2.58. The van der Waals surface area contributed by atoms with Crippen LogP contribution in [0.5, 0.6) is 11.5 Å². The first-order chi connectivity index (χ1) is 26.3. The molecule has 3 aliphatic rings. The van der Waals surface area contributed by atoms with Crippen LogP contribution in [0.4, 0.5) is 0 Å². The lowest BCUT2D eigenvalue weighted by Gasteiger charge is -2.32. The zero-order valence-corrected chi connectivity index (χ0v) is 32.0. The van der Waals surface area contributed by atoms with E-state index in [0.29, 0.717) is 44.5 Å². The molecule has 0 aliphatic carbocycles. The molecule has 3 aliphatic heterocycles. The van der Waals surface area contributed by atoms with E-state index in [-0.39, 0.29) is 80.7 Å². The number of halogens is 2. The maximum absolute atomic E-state index is 14.2. The standard InChI is InChI=1S/C41H37Cl2N5O7/c1-16(2)18(5)36(50)45-25-15-19-12-13-26(49)23(14-19)41-22-10-6-9-21(31(22)54-40(41)52)20-8-7-11-24-27(20)28(34(42)44-24)32-35(43)48-39(53-32)30-33(41)55-38(47-30)29(17(3)4)46-37(25)51/h6-14,16-18,25,29,40,44,49,52H,15H2,1-5H3,(H,45,50)(H,46,51). The molecule has 5 N–H and O–H groups in total. The van der Waals surface area contributed by atoms with Gasteiger partial charge in [-0.25, -0.2) is 4.98 Å². The number of H-pyrrole nitrogens is 1. The zero-order valence-electron chi connectivity index (χ0n) is 30.5. The van der Waals surface area contributed by atoms with E-state index < -0.39 is 29.7 Å². The highest BCUT2D eigenvalue weighted by molar-refractivity contribution is 6.37. The van der Waals surface area contributed by atoms with Gasteiger partial charge in [0.2, 0.25) is 24.0 Å². The van der Waals surface area contributed by atoms with Gasteiger partial charge in [-0.05, 0) is 35.1 Å². The van der Waals surface area contributed by atoms with Crippen molar-refractivity contribution in [2.75, 3.05) is 0 Å². The fourth-order valence-corrected chi connectivity index (χ4v) is 8.58. The molecule has 0 radical (unpaired) electrons. The molecule has 12 nitrogen and oxygen atoms in total. The molecule has 282 valence electrons. The van der Waals surface area contributed by atoms with Crippen LogP contribution in [0.3, 0.4) is 0 Å². The van der Waals surface area contributed by atoms with Gasteiger partial charge in [0.25, 0.3) is 5.89 Å². The molecular formula is C41H37Cl2N5O7. The van der Waals surface area contributed by atoms with Crippen molar-refractivity contribution in [3.05, 3.63) is 93.2 Å². The number of carbonyl (C=O) groups is 2. The number of ether oxygens (including phenoxy) is 1. The van der Waals surface area contributed by atoms with E-state index in [0.717, 1.165) is 0 Å². The normalized spacial score (nSPS) is 21.6. The average molecular weight is 783 g/mol. The van der Waals surface area contributed by atoms with Crippen molar-refractivity contribution in [3.63, 3.8) is 0 Å². The summed E-state index contributed by atoms with van der Waals surface area (Å²) in [5.41, 5.74) is 2.01. The van der Waals surface area contributed by atoms with E-state index in [1.165, 1.54) is 6.07 Å². The molecule has 0 saturated heterocycles. The van der Waals surface area contributed by atoms with Crippen molar-refractivity contribution in [2.45, 2.75) is 64.8 Å². The molecule has 0 saturated carbocycles. The van der Waals surface area contributed by atoms with Gasteiger partial charge in [0.15, 0.2) is 22.4 Å². The SMILES string of the molecule is CC(C)C(C)C(=O)NC1Cc2ccc(O)c(c2)C23c4cccc(c4OC2O)-c2cccc4[nH]c(Cl)c(c24)-c2oc(nc2Cl)-c2nc(oc23)C(C(C)C)NC1=O. The molecule has 5 atom stereocenters. The first-order valence-electron chi connectivity index (χ1n) is 18.2. The third-order valence-electron chi connectivity index (χ3n) is 11.3. The van der Waals surface area contributed by atoms with Crippen LogP contribution in [-0.2, 0) is 21.4 Å². The van der Waals surface area contributed by atoms with Crippen LogP contribution in [-0.4, -0.2) is 49.3 Å². The smallest absolute Gasteiger partial charge is 0.250 e. The Balaban J connectivity index is 1.40. The van der Waals surface area contributed by atoms with Crippen LogP contribution in [0.25, 0.3) is 44.9 Å². The van der Waals surface area contributed by atoms with Crippen molar-refractivity contribution in [1.82, 2.24) is 25.6 Å². The number of carbonyl (C=O) groups excluding carboxylic acids is 2. The summed E-state index contributed by atoms with van der Waals surface area (Å²) in [6.07, 6.45) is -1.63. The fourth-order valence-electron chi connectivity index (χ4n) is 8.09. The van der Waals surface area contributed by atoms with Crippen LogP contribution in [0.1, 0.15) is 69.0 Å². The lowest BCUT2D eigenvalue weighted by molar-refractivity contribution is -0.132. The number of hydrogen-bond donors (Lipinski definition) is 5. The summed E-state index contributed by atoms with van der Waals surface area (Å²) < 4.78 is 19.8. The molecule has 6 aromatic rings. The van der Waals surface area contributed by atoms with Crippen molar-refractivity contribution >= 4 is 45.9 Å². The monoisotopic (exact) mass is 781 g/mol. The number of amides is 2. The summed E-state index contributed by atoms with van der Waals surface area (Å²) in [6.45, 7) is 9.50. The number of nitrogens with zero attached hydrogens (tertiary/aromatic N) is 2. The van der Waals surface area contributed by atoms with E-state index in [1.807, 2.05) is 71.0 Å². The maximum Gasteiger partial charge on any atom is 0.250 e. The number of fused-ring (bicyclic) bond motifs is 8. The minimum absolute atomic E-state index is 0.000534. The average Bonchev–Trinajstić information content (AvgIpc) is 3.90. The predicted octanol–water partition coefficient (Wildman–Crippen LogP) is 7.66. The Kier molecular flexibility index (Phi) is 8.12. The van der Waals surface area contributed by atoms with Gasteiger partial charge in [-0.3, -0.25) is 9.59 Å². The number of phenols is 1. The van der Waals surface area contributed by atoms with Crippen molar-refractivity contribution in [2.24, 2.45) is 17.8 Å². The summed E-state index contributed by atoms with van der Waals surface area (Å²) in [6, 6.07) is 14.2. The molecule has 3 aromatic carbocycles. The number of phenolic OH excluding ortho intramolecular Hbond substituents is 1. The molecular weight excluding hydrogens is 745 g/mol. The molecule has 14 heteroatoms. The number of oxazole rings is 2. The van der Waals surface area contributed by atoms with E-state index in [4.69, 9.17) is 41.8 Å². The van der Waals surface area contributed by atoms with Gasteiger partial charge in [0, 0.05) is 39.9 Å². The van der Waals surface area contributed by atoms with Gasteiger partial charge in [-0.15, -0.1) is 0 Å². The number of nitrogens with one attached hydrogen (secondary N) is 3. The summed E-state index contributed by atoms with van der Waals surface area (Å²) in [5.74, 6) is -0.984. The molecule has 3 aromatic heterocycles. The lowest BCUT2D eigenvalue weighted by Crippen LogP contribution is -2.51. The Bertz CT molecular complexity index is 2570. The molecule has 55 heavy (non-hydrogen) atoms. The van der Waals surface area contributed by atoms with E-state index in [2.05, 4.69) is 20.6 Å². The largest absolute Gasteiger partial charge is 0.508 e. The van der Waals surface area contributed by atoms with Gasteiger partial charge in [0.05, 0.1) is 5.56 Å². The minimum Gasteiger partial charge on any atom is -0.508 e. The van der Waals surface area contributed by atoms with Crippen molar-refractivity contribution < 1.29 is 33.4 Å². The second-order valence-corrected chi connectivity index (χ2v) is 16.0. The van der Waals surface area contributed by atoms with Crippen molar-refractivity contribution in [1.29, 1.82) is 0 Å². The van der Waals surface area contributed by atoms with E-state index in [9.17, 15) is 19.8 Å².